The molecule has 0 spiro atoms. The summed E-state index contributed by atoms with van der Waals surface area (Å²) >= 11 is 6.03. The molecule has 5 heteroatoms. The summed E-state index contributed by atoms with van der Waals surface area (Å²) in [6.07, 6.45) is 1.61. The normalized spacial score (nSPS) is 11.0. The van der Waals surface area contributed by atoms with E-state index in [1.54, 1.807) is 0 Å². The molecule has 0 aliphatic heterocycles. The van der Waals surface area contributed by atoms with E-state index in [-0.39, 0.29) is 5.91 Å². The molecule has 0 fully saturated rings. The maximum absolute atomic E-state index is 12.3. The third-order valence-electron chi connectivity index (χ3n) is 5.13. The van der Waals surface area contributed by atoms with E-state index in [0.717, 1.165) is 46.8 Å². The Hall–Kier alpha value is -3.11. The van der Waals surface area contributed by atoms with E-state index < -0.39 is 0 Å². The molecule has 3 aromatic carbocycles. The van der Waals surface area contributed by atoms with Crippen LogP contribution in [0.3, 0.4) is 0 Å². The lowest BCUT2D eigenvalue weighted by molar-refractivity contribution is 0.0953. The number of hydrogen-bond acceptors (Lipinski definition) is 2. The van der Waals surface area contributed by atoms with E-state index in [9.17, 15) is 4.79 Å². The Morgan fingerprint density at radius 1 is 1.03 bits per heavy atom. The molecule has 0 unspecified atom stereocenters. The van der Waals surface area contributed by atoms with Gasteiger partial charge in [-0.25, -0.2) is 4.98 Å². The Bertz CT molecular complexity index is 1160. The number of rotatable bonds is 7. The van der Waals surface area contributed by atoms with Crippen molar-refractivity contribution < 1.29 is 4.79 Å². The Morgan fingerprint density at radius 3 is 2.63 bits per heavy atom. The first-order chi connectivity index (χ1) is 14.6. The minimum absolute atomic E-state index is 0.0339. The van der Waals surface area contributed by atoms with Crippen molar-refractivity contribution >= 4 is 28.5 Å². The van der Waals surface area contributed by atoms with Crippen molar-refractivity contribution in [2.45, 2.75) is 26.3 Å². The van der Waals surface area contributed by atoms with Gasteiger partial charge >= 0.3 is 0 Å². The number of fused-ring (bicyclic) bond motifs is 1. The molecule has 1 amide bonds. The summed E-state index contributed by atoms with van der Waals surface area (Å²) in [5.41, 5.74) is 5.07. The fourth-order valence-electron chi connectivity index (χ4n) is 3.60. The molecule has 1 N–H and O–H groups in total. The Labute approximate surface area is 181 Å². The lowest BCUT2D eigenvalue weighted by Gasteiger charge is -2.10. The molecule has 4 rings (SSSR count). The molecule has 0 radical (unpaired) electrons. The topological polar surface area (TPSA) is 46.9 Å². The van der Waals surface area contributed by atoms with Crippen LogP contribution in [0, 0.1) is 6.92 Å². The van der Waals surface area contributed by atoms with Gasteiger partial charge in [-0.05, 0) is 55.3 Å². The van der Waals surface area contributed by atoms with Crippen molar-refractivity contribution in [3.05, 3.63) is 100 Å². The van der Waals surface area contributed by atoms with Crippen molar-refractivity contribution in [2.75, 3.05) is 6.54 Å². The van der Waals surface area contributed by atoms with Gasteiger partial charge in [-0.1, -0.05) is 53.6 Å². The number of imidazole rings is 1. The summed E-state index contributed by atoms with van der Waals surface area (Å²) < 4.78 is 2.25. The third-order valence-corrected chi connectivity index (χ3v) is 5.38. The Morgan fingerprint density at radius 2 is 1.83 bits per heavy atom. The number of benzene rings is 3. The lowest BCUT2D eigenvalue weighted by atomic mass is 10.1. The first-order valence-corrected chi connectivity index (χ1v) is 10.5. The van der Waals surface area contributed by atoms with Crippen LogP contribution in [0.4, 0.5) is 0 Å². The number of carbonyl (C=O) groups excluding carboxylic acids is 1. The van der Waals surface area contributed by atoms with Gasteiger partial charge in [-0.3, -0.25) is 4.79 Å². The summed E-state index contributed by atoms with van der Waals surface area (Å²) in [6, 6.07) is 23.7. The fraction of sp³-hybridized carbons (Fsp3) is 0.200. The third kappa shape index (κ3) is 4.71. The van der Waals surface area contributed by atoms with E-state index in [1.807, 2.05) is 73.7 Å². The highest BCUT2D eigenvalue weighted by Crippen LogP contribution is 2.20. The molecular formula is C25H24ClN3O. The number of amides is 1. The van der Waals surface area contributed by atoms with E-state index in [2.05, 4.69) is 16.0 Å². The summed E-state index contributed by atoms with van der Waals surface area (Å²) in [5, 5.41) is 3.75. The van der Waals surface area contributed by atoms with Crippen molar-refractivity contribution in [1.29, 1.82) is 0 Å². The minimum Gasteiger partial charge on any atom is -0.352 e. The second kappa shape index (κ2) is 9.14. The molecular weight excluding hydrogens is 394 g/mol. The quantitative estimate of drug-likeness (QED) is 0.409. The van der Waals surface area contributed by atoms with Gasteiger partial charge in [0.2, 0.25) is 0 Å². The van der Waals surface area contributed by atoms with E-state index >= 15 is 0 Å². The summed E-state index contributed by atoms with van der Waals surface area (Å²) in [6.45, 7) is 3.33. The summed E-state index contributed by atoms with van der Waals surface area (Å²) in [7, 11) is 0. The molecule has 0 aliphatic carbocycles. The molecule has 0 aliphatic rings. The average molecular weight is 418 g/mol. The second-order valence-electron chi connectivity index (χ2n) is 7.46. The molecule has 0 saturated heterocycles. The number of nitrogens with zero attached hydrogens (tertiary/aromatic N) is 2. The van der Waals surface area contributed by atoms with Crippen LogP contribution in [-0.2, 0) is 13.0 Å². The number of aromatic nitrogens is 2. The number of para-hydroxylation sites is 2. The SMILES string of the molecule is Cc1cccc(C(=O)NCCCc2nc3ccccc3n2Cc2ccc(Cl)cc2)c1. The molecule has 0 bridgehead atoms. The van der Waals surface area contributed by atoms with Crippen LogP contribution >= 0.6 is 11.6 Å². The maximum Gasteiger partial charge on any atom is 0.251 e. The largest absolute Gasteiger partial charge is 0.352 e. The number of aryl methyl sites for hydroxylation is 2. The molecule has 0 saturated carbocycles. The van der Waals surface area contributed by atoms with Gasteiger partial charge in [0.1, 0.15) is 5.82 Å². The molecule has 152 valence electrons. The van der Waals surface area contributed by atoms with Gasteiger partial charge in [0.05, 0.1) is 11.0 Å². The molecule has 1 heterocycles. The lowest BCUT2D eigenvalue weighted by Crippen LogP contribution is -2.25. The van der Waals surface area contributed by atoms with Crippen LogP contribution in [0.2, 0.25) is 5.02 Å². The molecule has 4 nitrogen and oxygen atoms in total. The first-order valence-electron chi connectivity index (χ1n) is 10.1. The predicted octanol–water partition coefficient (Wildman–Crippen LogP) is 5.41. The van der Waals surface area contributed by atoms with Crippen molar-refractivity contribution in [3.63, 3.8) is 0 Å². The number of carbonyl (C=O) groups is 1. The van der Waals surface area contributed by atoms with Gasteiger partial charge < -0.3 is 9.88 Å². The van der Waals surface area contributed by atoms with Gasteiger partial charge in [0.15, 0.2) is 0 Å². The summed E-state index contributed by atoms with van der Waals surface area (Å²) in [5.74, 6) is 0.990. The van der Waals surface area contributed by atoms with Crippen LogP contribution in [0.5, 0.6) is 0 Å². The Kier molecular flexibility index (Phi) is 6.15. The number of nitrogens with one attached hydrogen (secondary N) is 1. The molecule has 0 atom stereocenters. The highest BCUT2D eigenvalue weighted by atomic mass is 35.5. The Balaban J connectivity index is 1.44. The molecule has 1 aromatic heterocycles. The second-order valence-corrected chi connectivity index (χ2v) is 7.89. The van der Waals surface area contributed by atoms with Crippen molar-refractivity contribution in [2.24, 2.45) is 0 Å². The van der Waals surface area contributed by atoms with Gasteiger partial charge in [-0.15, -0.1) is 0 Å². The number of hydrogen-bond donors (Lipinski definition) is 1. The average Bonchev–Trinajstić information content (AvgIpc) is 3.10. The highest BCUT2D eigenvalue weighted by molar-refractivity contribution is 6.30. The zero-order valence-electron chi connectivity index (χ0n) is 16.9. The first kappa shape index (κ1) is 20.2. The fourth-order valence-corrected chi connectivity index (χ4v) is 3.73. The zero-order valence-corrected chi connectivity index (χ0v) is 17.7. The standard InChI is InChI=1S/C25H24ClN3O/c1-18-6-4-7-20(16-18)25(30)27-15-5-10-24-28-22-8-2-3-9-23(22)29(24)17-19-11-13-21(26)14-12-19/h2-4,6-9,11-14,16H,5,10,15,17H2,1H3,(H,27,30). The molecule has 4 aromatic rings. The van der Waals surface area contributed by atoms with Crippen LogP contribution in [0.1, 0.15) is 33.7 Å². The van der Waals surface area contributed by atoms with Crippen molar-refractivity contribution in [3.8, 4) is 0 Å². The molecule has 30 heavy (non-hydrogen) atoms. The van der Waals surface area contributed by atoms with Crippen molar-refractivity contribution in [1.82, 2.24) is 14.9 Å². The monoisotopic (exact) mass is 417 g/mol. The smallest absolute Gasteiger partial charge is 0.251 e. The van der Waals surface area contributed by atoms with Gasteiger partial charge in [0, 0.05) is 30.1 Å². The highest BCUT2D eigenvalue weighted by Gasteiger charge is 2.11. The van der Waals surface area contributed by atoms with Crippen LogP contribution < -0.4 is 5.32 Å². The predicted molar refractivity (Wildman–Crippen MR) is 122 cm³/mol. The van der Waals surface area contributed by atoms with E-state index in [0.29, 0.717) is 12.1 Å². The van der Waals surface area contributed by atoms with Gasteiger partial charge in [-0.2, -0.15) is 0 Å². The van der Waals surface area contributed by atoms with Crippen LogP contribution in [-0.4, -0.2) is 22.0 Å². The van der Waals surface area contributed by atoms with E-state index in [1.165, 1.54) is 5.56 Å². The van der Waals surface area contributed by atoms with Gasteiger partial charge in [0.25, 0.3) is 5.91 Å². The summed E-state index contributed by atoms with van der Waals surface area (Å²) in [4.78, 5) is 17.2. The minimum atomic E-state index is -0.0339. The van der Waals surface area contributed by atoms with Crippen LogP contribution in [0.25, 0.3) is 11.0 Å². The van der Waals surface area contributed by atoms with Crippen LogP contribution in [0.15, 0.2) is 72.8 Å². The number of halogens is 1. The maximum atomic E-state index is 12.3. The zero-order chi connectivity index (χ0) is 20.9. The van der Waals surface area contributed by atoms with E-state index in [4.69, 9.17) is 16.6 Å².